The molecule has 5 aromatic heterocycles. The zero-order chi connectivity index (χ0) is 51.0. The standard InChI is InChI=1S/2C11H12S.3C10H10S.5C2H6/c1-7-6-10-4-5-12-11(10)9(3)8(7)2;1-7-6-8(2)11-10(9(7)3)4-5-12-11;1-7-5-8(2)9-3-4-11-10(9)6-7;1-7-3-4-9-5-6-11-10(9)8(7)2;1-7-3-4-8(2)10-9(7)5-6-11-10;5*1-2/h2*4-6H,1-3H3;3*3-6H,1-2H3;5*1-2H3. The van der Waals surface area contributed by atoms with Gasteiger partial charge in [-0.05, 0) is 240 Å². The largest absolute Gasteiger partial charge is 0.144 e. The van der Waals surface area contributed by atoms with Crippen LogP contribution >= 0.6 is 56.7 Å². The molecule has 5 aromatic carbocycles. The maximum atomic E-state index is 2.27. The molecule has 10 rings (SSSR count). The van der Waals surface area contributed by atoms with Crippen LogP contribution in [-0.4, -0.2) is 0 Å². The van der Waals surface area contributed by atoms with Crippen LogP contribution in [0.1, 0.15) is 136 Å². The second-order valence-electron chi connectivity index (χ2n) is 15.2. The van der Waals surface area contributed by atoms with E-state index in [1.165, 1.54) is 117 Å². The minimum absolute atomic E-state index is 1.36. The molecule has 0 radical (unpaired) electrons. The summed E-state index contributed by atoms with van der Waals surface area (Å²) in [6.07, 6.45) is 0. The molecule has 0 aliphatic rings. The molecule has 0 aliphatic heterocycles. The molecular formula is C62H84S5. The molecule has 0 bridgehead atoms. The summed E-state index contributed by atoms with van der Waals surface area (Å²) in [6.45, 7) is 46.1. The van der Waals surface area contributed by atoms with Crippen LogP contribution < -0.4 is 0 Å². The third-order valence-corrected chi connectivity index (χ3v) is 16.2. The molecule has 5 heteroatoms. The van der Waals surface area contributed by atoms with Crippen molar-refractivity contribution >= 4 is 107 Å². The van der Waals surface area contributed by atoms with Crippen molar-refractivity contribution in [2.75, 3.05) is 0 Å². The summed E-state index contributed by atoms with van der Waals surface area (Å²) >= 11 is 9.15. The quantitative estimate of drug-likeness (QED) is 0.142. The van der Waals surface area contributed by atoms with E-state index in [9.17, 15) is 0 Å². The van der Waals surface area contributed by atoms with E-state index in [0.29, 0.717) is 0 Å². The predicted molar refractivity (Wildman–Crippen MR) is 323 cm³/mol. The predicted octanol–water partition coefficient (Wildman–Crippen LogP) is 23.3. The van der Waals surface area contributed by atoms with E-state index in [2.05, 4.69) is 189 Å². The van der Waals surface area contributed by atoms with Gasteiger partial charge in [-0.25, -0.2) is 0 Å². The van der Waals surface area contributed by atoms with E-state index in [0.717, 1.165) is 0 Å². The molecule has 362 valence electrons. The van der Waals surface area contributed by atoms with Gasteiger partial charge in [-0.15, -0.1) is 56.7 Å². The number of hydrogen-bond acceptors (Lipinski definition) is 5. The van der Waals surface area contributed by atoms with E-state index < -0.39 is 0 Å². The monoisotopic (exact) mass is 989 g/mol. The molecule has 0 atom stereocenters. The lowest BCUT2D eigenvalue weighted by Gasteiger charge is -2.04. The molecule has 0 amide bonds. The maximum Gasteiger partial charge on any atom is 0.0374 e. The Balaban J connectivity index is 0.000000399. The van der Waals surface area contributed by atoms with E-state index >= 15 is 0 Å². The Morgan fingerprint density at radius 3 is 1.30 bits per heavy atom. The van der Waals surface area contributed by atoms with Crippen LogP contribution in [0.5, 0.6) is 0 Å². The number of aryl methyl sites for hydroxylation is 11. The SMILES string of the molecule is CC.CC.CC.CC.CC.Cc1cc(C)c2ccsc2c1.Cc1cc(C)c2sccc2c1C.Cc1cc2ccsc2c(C)c1C.Cc1ccc(C)c2sccc12.Cc1ccc2ccsc2c1C. The first-order chi connectivity index (χ1) is 32.2. The van der Waals surface area contributed by atoms with Crippen molar-refractivity contribution in [1.29, 1.82) is 0 Å². The van der Waals surface area contributed by atoms with Gasteiger partial charge in [-0.1, -0.05) is 112 Å². The highest BCUT2D eigenvalue weighted by Gasteiger charge is 2.06. The zero-order valence-electron chi connectivity index (χ0n) is 45.4. The van der Waals surface area contributed by atoms with Crippen molar-refractivity contribution in [1.82, 2.24) is 0 Å². The minimum atomic E-state index is 1.36. The summed E-state index contributed by atoms with van der Waals surface area (Å²) in [5, 5.41) is 17.8. The first-order valence-corrected chi connectivity index (χ1v) is 28.8. The lowest BCUT2D eigenvalue weighted by atomic mass is 10.0. The Morgan fingerprint density at radius 2 is 0.701 bits per heavy atom. The van der Waals surface area contributed by atoms with Gasteiger partial charge >= 0.3 is 0 Å². The number of benzene rings is 5. The van der Waals surface area contributed by atoms with Crippen molar-refractivity contribution in [2.45, 2.75) is 152 Å². The van der Waals surface area contributed by atoms with Crippen LogP contribution in [0.4, 0.5) is 0 Å². The minimum Gasteiger partial charge on any atom is -0.144 e. The van der Waals surface area contributed by atoms with Crippen LogP contribution in [0.3, 0.4) is 0 Å². The van der Waals surface area contributed by atoms with Gasteiger partial charge < -0.3 is 0 Å². The van der Waals surface area contributed by atoms with Gasteiger partial charge in [-0.3, -0.25) is 0 Å². The average molecular weight is 990 g/mol. The van der Waals surface area contributed by atoms with Crippen LogP contribution in [0.2, 0.25) is 0 Å². The third-order valence-electron chi connectivity index (χ3n) is 11.1. The third kappa shape index (κ3) is 16.5. The first-order valence-electron chi connectivity index (χ1n) is 24.4. The van der Waals surface area contributed by atoms with Gasteiger partial charge in [0.1, 0.15) is 0 Å². The summed E-state index contributed by atoms with van der Waals surface area (Å²) in [5.41, 5.74) is 16.9. The fourth-order valence-electron chi connectivity index (χ4n) is 7.21. The zero-order valence-corrected chi connectivity index (χ0v) is 49.5. The molecule has 0 unspecified atom stereocenters. The van der Waals surface area contributed by atoms with Gasteiger partial charge in [0, 0.05) is 23.5 Å². The number of hydrogen-bond donors (Lipinski definition) is 0. The number of rotatable bonds is 0. The smallest absolute Gasteiger partial charge is 0.0374 e. The molecule has 0 saturated carbocycles. The average Bonchev–Trinajstić information content (AvgIpc) is 4.22. The molecule has 67 heavy (non-hydrogen) atoms. The Morgan fingerprint density at radius 1 is 0.254 bits per heavy atom. The molecule has 0 fully saturated rings. The summed E-state index contributed by atoms with van der Waals surface area (Å²) in [7, 11) is 0. The van der Waals surface area contributed by atoms with E-state index in [4.69, 9.17) is 0 Å². The van der Waals surface area contributed by atoms with Crippen LogP contribution in [-0.2, 0) is 0 Å². The Labute approximate surface area is 428 Å². The topological polar surface area (TPSA) is 0 Å². The van der Waals surface area contributed by atoms with Crippen LogP contribution in [0.25, 0.3) is 50.4 Å². The number of thiophene rings is 5. The van der Waals surface area contributed by atoms with Gasteiger partial charge in [0.25, 0.3) is 0 Å². The molecular weight excluding hydrogens is 905 g/mol. The van der Waals surface area contributed by atoms with Crippen molar-refractivity contribution < 1.29 is 0 Å². The van der Waals surface area contributed by atoms with Crippen LogP contribution in [0, 0.1) is 83.1 Å². The summed E-state index contributed by atoms with van der Waals surface area (Å²) in [4.78, 5) is 0. The molecule has 0 saturated heterocycles. The Hall–Kier alpha value is -4.10. The van der Waals surface area contributed by atoms with Crippen molar-refractivity contribution in [2.24, 2.45) is 0 Å². The lowest BCUT2D eigenvalue weighted by Crippen LogP contribution is -1.85. The van der Waals surface area contributed by atoms with Gasteiger partial charge in [0.15, 0.2) is 0 Å². The number of fused-ring (bicyclic) bond motifs is 5. The van der Waals surface area contributed by atoms with Crippen molar-refractivity contribution in [3.8, 4) is 0 Å². The molecule has 0 N–H and O–H groups in total. The summed E-state index contributed by atoms with van der Waals surface area (Å²) in [5.74, 6) is 0. The summed E-state index contributed by atoms with van der Waals surface area (Å²) in [6, 6.07) is 28.7. The fourth-order valence-corrected chi connectivity index (χ4v) is 12.0. The van der Waals surface area contributed by atoms with Crippen LogP contribution in [0.15, 0.2) is 106 Å². The highest BCUT2D eigenvalue weighted by molar-refractivity contribution is 7.18. The molecule has 0 nitrogen and oxygen atoms in total. The first kappa shape index (κ1) is 60.9. The molecule has 5 heterocycles. The summed E-state index contributed by atoms with van der Waals surface area (Å²) < 4.78 is 7.16. The molecule has 0 aliphatic carbocycles. The van der Waals surface area contributed by atoms with E-state index in [1.807, 2.05) is 126 Å². The molecule has 10 aromatic rings. The molecule has 0 spiro atoms. The fraction of sp³-hybridized carbons (Fsp3) is 0.355. The maximum absolute atomic E-state index is 2.27. The van der Waals surface area contributed by atoms with Gasteiger partial charge in [0.05, 0.1) is 0 Å². The van der Waals surface area contributed by atoms with E-state index in [-0.39, 0.29) is 0 Å². The van der Waals surface area contributed by atoms with Gasteiger partial charge in [0.2, 0.25) is 0 Å². The van der Waals surface area contributed by atoms with Gasteiger partial charge in [-0.2, -0.15) is 0 Å². The highest BCUT2D eigenvalue weighted by Crippen LogP contribution is 2.31. The highest BCUT2D eigenvalue weighted by atomic mass is 32.1. The lowest BCUT2D eigenvalue weighted by molar-refractivity contribution is 1.30. The van der Waals surface area contributed by atoms with Crippen molar-refractivity contribution in [3.63, 3.8) is 0 Å². The Bertz CT molecular complexity index is 2900. The second-order valence-corrected chi connectivity index (χ2v) is 19.8. The Kier molecular flexibility index (Phi) is 29.0. The van der Waals surface area contributed by atoms with Crippen molar-refractivity contribution in [3.05, 3.63) is 173 Å². The van der Waals surface area contributed by atoms with E-state index in [1.54, 1.807) is 0 Å². The normalized spacial score (nSPS) is 9.64. The second kappa shape index (κ2) is 31.9.